The van der Waals surface area contributed by atoms with Crippen LogP contribution in [0.2, 0.25) is 0 Å². The molecule has 0 unspecified atom stereocenters. The maximum Gasteiger partial charge on any atom is 0.254 e. The summed E-state index contributed by atoms with van der Waals surface area (Å²) in [5.74, 6) is 1.62. The Kier molecular flexibility index (Phi) is 1.31. The zero-order valence-electron chi connectivity index (χ0n) is 6.23. The van der Waals surface area contributed by atoms with Crippen molar-refractivity contribution >= 4 is 5.78 Å². The van der Waals surface area contributed by atoms with Gasteiger partial charge in [-0.2, -0.15) is 0 Å². The lowest BCUT2D eigenvalue weighted by Crippen LogP contribution is -1.91. The van der Waals surface area contributed by atoms with Gasteiger partial charge in [0.2, 0.25) is 0 Å². The van der Waals surface area contributed by atoms with Crippen molar-refractivity contribution in [1.82, 2.24) is 19.6 Å². The van der Waals surface area contributed by atoms with E-state index in [0.717, 1.165) is 12.2 Å². The molecule has 2 aromatic rings. The molecule has 0 saturated heterocycles. The summed E-state index contributed by atoms with van der Waals surface area (Å²) in [6.07, 6.45) is 4.51. The molecule has 0 N–H and O–H groups in total. The average molecular weight is 148 g/mol. The molecule has 2 heterocycles. The Balaban J connectivity index is 2.76. The molecule has 0 radical (unpaired) electrons. The second-order valence-electron chi connectivity index (χ2n) is 2.26. The molecule has 0 aliphatic rings. The minimum Gasteiger partial charge on any atom is -0.270 e. The van der Waals surface area contributed by atoms with E-state index in [1.807, 2.05) is 23.6 Å². The van der Waals surface area contributed by atoms with Crippen molar-refractivity contribution in [2.75, 3.05) is 0 Å². The Morgan fingerprint density at radius 3 is 3.18 bits per heavy atom. The largest absolute Gasteiger partial charge is 0.270 e. The van der Waals surface area contributed by atoms with Crippen molar-refractivity contribution < 1.29 is 0 Å². The van der Waals surface area contributed by atoms with E-state index in [0.29, 0.717) is 5.78 Å². The van der Waals surface area contributed by atoms with Crippen molar-refractivity contribution in [2.45, 2.75) is 13.3 Å². The Morgan fingerprint density at radius 2 is 2.36 bits per heavy atom. The minimum atomic E-state index is 0.671. The SMILES string of the molecule is CCc1nnc2ncccn12. The second kappa shape index (κ2) is 2.30. The van der Waals surface area contributed by atoms with Gasteiger partial charge >= 0.3 is 0 Å². The second-order valence-corrected chi connectivity index (χ2v) is 2.26. The van der Waals surface area contributed by atoms with Crippen LogP contribution in [0.25, 0.3) is 5.78 Å². The third-order valence-corrected chi connectivity index (χ3v) is 1.58. The predicted molar refractivity (Wildman–Crippen MR) is 40.2 cm³/mol. The third-order valence-electron chi connectivity index (χ3n) is 1.58. The highest BCUT2D eigenvalue weighted by atomic mass is 15.3. The van der Waals surface area contributed by atoms with Gasteiger partial charge in [0.05, 0.1) is 0 Å². The predicted octanol–water partition coefficient (Wildman–Crippen LogP) is 0.687. The fourth-order valence-electron chi connectivity index (χ4n) is 1.03. The maximum absolute atomic E-state index is 4.04. The van der Waals surface area contributed by atoms with Crippen LogP contribution < -0.4 is 0 Å². The molecule has 2 rings (SSSR count). The Morgan fingerprint density at radius 1 is 1.45 bits per heavy atom. The van der Waals surface area contributed by atoms with Gasteiger partial charge in [-0.05, 0) is 6.07 Å². The van der Waals surface area contributed by atoms with Crippen LogP contribution in [0.1, 0.15) is 12.7 Å². The number of aryl methyl sites for hydroxylation is 1. The van der Waals surface area contributed by atoms with Crippen LogP contribution >= 0.6 is 0 Å². The van der Waals surface area contributed by atoms with Gasteiger partial charge in [0, 0.05) is 18.8 Å². The number of hydrogen-bond donors (Lipinski definition) is 0. The van der Waals surface area contributed by atoms with Crippen LogP contribution in [0.4, 0.5) is 0 Å². The summed E-state index contributed by atoms with van der Waals surface area (Å²) in [4.78, 5) is 4.04. The van der Waals surface area contributed by atoms with Crippen molar-refractivity contribution in [2.24, 2.45) is 0 Å². The number of hydrogen-bond acceptors (Lipinski definition) is 3. The van der Waals surface area contributed by atoms with Crippen molar-refractivity contribution in [1.29, 1.82) is 0 Å². The Labute approximate surface area is 63.9 Å². The topological polar surface area (TPSA) is 43.1 Å². The maximum atomic E-state index is 4.04. The lowest BCUT2D eigenvalue weighted by Gasteiger charge is -1.91. The van der Waals surface area contributed by atoms with Gasteiger partial charge in [-0.3, -0.25) is 4.40 Å². The molecule has 0 amide bonds. The highest BCUT2D eigenvalue weighted by Gasteiger charge is 2.00. The Bertz CT molecular complexity index is 365. The molecular formula is C7H8N4. The van der Waals surface area contributed by atoms with Crippen molar-refractivity contribution in [3.05, 3.63) is 24.3 Å². The normalized spacial score (nSPS) is 10.6. The monoisotopic (exact) mass is 148 g/mol. The van der Waals surface area contributed by atoms with E-state index < -0.39 is 0 Å². The van der Waals surface area contributed by atoms with Crippen LogP contribution in [-0.2, 0) is 6.42 Å². The first-order valence-electron chi connectivity index (χ1n) is 3.56. The van der Waals surface area contributed by atoms with Gasteiger partial charge < -0.3 is 0 Å². The van der Waals surface area contributed by atoms with Crippen molar-refractivity contribution in [3.8, 4) is 0 Å². The summed E-state index contributed by atoms with van der Waals surface area (Å²) in [6.45, 7) is 2.05. The van der Waals surface area contributed by atoms with Crippen molar-refractivity contribution in [3.63, 3.8) is 0 Å². The van der Waals surface area contributed by atoms with Gasteiger partial charge in [0.15, 0.2) is 0 Å². The molecule has 0 saturated carbocycles. The zero-order chi connectivity index (χ0) is 7.68. The first-order chi connectivity index (χ1) is 5.42. The third kappa shape index (κ3) is 0.869. The van der Waals surface area contributed by atoms with E-state index in [9.17, 15) is 0 Å². The molecule has 56 valence electrons. The van der Waals surface area contributed by atoms with Gasteiger partial charge in [0.1, 0.15) is 5.82 Å². The van der Waals surface area contributed by atoms with Crippen LogP contribution in [0, 0.1) is 0 Å². The van der Waals surface area contributed by atoms with E-state index in [1.165, 1.54) is 0 Å². The molecule has 0 aliphatic carbocycles. The van der Waals surface area contributed by atoms with Crippen LogP contribution in [0.3, 0.4) is 0 Å². The molecular weight excluding hydrogens is 140 g/mol. The summed E-state index contributed by atoms with van der Waals surface area (Å²) in [6, 6.07) is 1.87. The summed E-state index contributed by atoms with van der Waals surface area (Å²) >= 11 is 0. The summed E-state index contributed by atoms with van der Waals surface area (Å²) in [5.41, 5.74) is 0. The minimum absolute atomic E-state index is 0.671. The van der Waals surface area contributed by atoms with Gasteiger partial charge in [-0.15, -0.1) is 10.2 Å². The van der Waals surface area contributed by atoms with E-state index >= 15 is 0 Å². The molecule has 4 heteroatoms. The van der Waals surface area contributed by atoms with Crippen LogP contribution in [0.15, 0.2) is 18.5 Å². The number of aromatic nitrogens is 4. The standard InChI is InChI=1S/C7H8N4/c1-2-6-9-10-7-8-4-3-5-11(6)7/h3-5H,2H2,1H3. The van der Waals surface area contributed by atoms with Gasteiger partial charge in [0.25, 0.3) is 5.78 Å². The molecule has 0 bridgehead atoms. The first-order valence-corrected chi connectivity index (χ1v) is 3.56. The molecule has 0 spiro atoms. The van der Waals surface area contributed by atoms with E-state index in [1.54, 1.807) is 6.20 Å². The van der Waals surface area contributed by atoms with E-state index in [2.05, 4.69) is 15.2 Å². The molecule has 11 heavy (non-hydrogen) atoms. The van der Waals surface area contributed by atoms with E-state index in [4.69, 9.17) is 0 Å². The van der Waals surface area contributed by atoms with Gasteiger partial charge in [-0.1, -0.05) is 6.92 Å². The summed E-state index contributed by atoms with van der Waals surface area (Å²) < 4.78 is 1.89. The molecule has 0 fully saturated rings. The smallest absolute Gasteiger partial charge is 0.254 e. The molecule has 2 aromatic heterocycles. The number of rotatable bonds is 1. The van der Waals surface area contributed by atoms with Crippen LogP contribution in [-0.4, -0.2) is 19.6 Å². The fraction of sp³-hybridized carbons (Fsp3) is 0.286. The number of nitrogens with zero attached hydrogens (tertiary/aromatic N) is 4. The van der Waals surface area contributed by atoms with E-state index in [-0.39, 0.29) is 0 Å². The summed E-state index contributed by atoms with van der Waals surface area (Å²) in [7, 11) is 0. The quantitative estimate of drug-likeness (QED) is 0.597. The van der Waals surface area contributed by atoms with Gasteiger partial charge in [-0.25, -0.2) is 4.98 Å². The first kappa shape index (κ1) is 6.27. The van der Waals surface area contributed by atoms with Crippen LogP contribution in [0.5, 0.6) is 0 Å². The Hall–Kier alpha value is -1.45. The molecule has 0 aromatic carbocycles. The fourth-order valence-corrected chi connectivity index (χ4v) is 1.03. The zero-order valence-corrected chi connectivity index (χ0v) is 6.23. The average Bonchev–Trinajstić information content (AvgIpc) is 2.47. The highest BCUT2D eigenvalue weighted by molar-refractivity contribution is 5.25. The molecule has 4 nitrogen and oxygen atoms in total. The lowest BCUT2D eigenvalue weighted by atomic mass is 10.4. The highest BCUT2D eigenvalue weighted by Crippen LogP contribution is 1.98. The molecule has 0 atom stereocenters. The molecule has 0 aliphatic heterocycles. The summed E-state index contributed by atoms with van der Waals surface area (Å²) in [5, 5.41) is 7.86. The lowest BCUT2D eigenvalue weighted by molar-refractivity contribution is 0.907. The number of fused-ring (bicyclic) bond motifs is 1.